The second-order valence-electron chi connectivity index (χ2n) is 5.28. The fourth-order valence-electron chi connectivity index (χ4n) is 2.67. The van der Waals surface area contributed by atoms with Gasteiger partial charge in [-0.1, -0.05) is 13.8 Å². The average molecular weight is 279 g/mol. The summed E-state index contributed by atoms with van der Waals surface area (Å²) in [7, 11) is 3.36. The number of hydrogen-bond acceptors (Lipinski definition) is 4. The van der Waals surface area contributed by atoms with Gasteiger partial charge in [0.2, 0.25) is 0 Å². The maximum absolute atomic E-state index is 6.11. The standard InChI is InChI=1S/C16H25NO3/c1-5-16(6-2)11-20-15(10-17-16)13-9-12(18-3)7-8-14(13)19-4/h7-9,15,17H,5-6,10-11H2,1-4H3. The van der Waals surface area contributed by atoms with Gasteiger partial charge in [-0.15, -0.1) is 0 Å². The average Bonchev–Trinajstić information content (AvgIpc) is 2.54. The summed E-state index contributed by atoms with van der Waals surface area (Å²) in [6.07, 6.45) is 2.16. The van der Waals surface area contributed by atoms with Crippen LogP contribution < -0.4 is 14.8 Å². The Morgan fingerprint density at radius 2 is 2.00 bits per heavy atom. The summed E-state index contributed by atoms with van der Waals surface area (Å²) in [4.78, 5) is 0. The lowest BCUT2D eigenvalue weighted by molar-refractivity contribution is -0.0383. The summed E-state index contributed by atoms with van der Waals surface area (Å²) in [5.74, 6) is 1.67. The van der Waals surface area contributed by atoms with E-state index in [1.54, 1.807) is 14.2 Å². The summed E-state index contributed by atoms with van der Waals surface area (Å²) in [6, 6.07) is 5.83. The van der Waals surface area contributed by atoms with Crippen LogP contribution in [0.2, 0.25) is 0 Å². The van der Waals surface area contributed by atoms with Crippen LogP contribution in [-0.4, -0.2) is 32.9 Å². The molecule has 1 aliphatic rings. The van der Waals surface area contributed by atoms with Crippen LogP contribution in [0.15, 0.2) is 18.2 Å². The van der Waals surface area contributed by atoms with Gasteiger partial charge in [0.25, 0.3) is 0 Å². The van der Waals surface area contributed by atoms with Gasteiger partial charge in [0, 0.05) is 17.6 Å². The molecule has 2 rings (SSSR count). The molecule has 1 unspecified atom stereocenters. The quantitative estimate of drug-likeness (QED) is 0.899. The lowest BCUT2D eigenvalue weighted by Gasteiger charge is -2.40. The number of methoxy groups -OCH3 is 2. The zero-order valence-electron chi connectivity index (χ0n) is 12.9. The third kappa shape index (κ3) is 2.91. The van der Waals surface area contributed by atoms with Crippen molar-refractivity contribution in [2.75, 3.05) is 27.4 Å². The van der Waals surface area contributed by atoms with Crippen molar-refractivity contribution in [3.05, 3.63) is 23.8 Å². The molecular weight excluding hydrogens is 254 g/mol. The molecular formula is C16H25NO3. The Hall–Kier alpha value is -1.26. The molecule has 0 aliphatic carbocycles. The fourth-order valence-corrected chi connectivity index (χ4v) is 2.67. The summed E-state index contributed by atoms with van der Waals surface area (Å²) in [5, 5.41) is 3.65. The summed E-state index contributed by atoms with van der Waals surface area (Å²) in [6.45, 7) is 5.93. The Kier molecular flexibility index (Phi) is 4.89. The first-order chi connectivity index (χ1) is 9.68. The summed E-state index contributed by atoms with van der Waals surface area (Å²) >= 11 is 0. The maximum atomic E-state index is 6.11. The van der Waals surface area contributed by atoms with E-state index in [-0.39, 0.29) is 11.6 Å². The predicted octanol–water partition coefficient (Wildman–Crippen LogP) is 2.92. The molecule has 112 valence electrons. The van der Waals surface area contributed by atoms with E-state index < -0.39 is 0 Å². The summed E-state index contributed by atoms with van der Waals surface area (Å²) < 4.78 is 16.8. The van der Waals surface area contributed by atoms with Crippen LogP contribution >= 0.6 is 0 Å². The maximum Gasteiger partial charge on any atom is 0.124 e. The second-order valence-corrected chi connectivity index (χ2v) is 5.28. The van der Waals surface area contributed by atoms with Crippen LogP contribution in [0, 0.1) is 0 Å². The third-order valence-corrected chi connectivity index (χ3v) is 4.36. The highest BCUT2D eigenvalue weighted by molar-refractivity contribution is 5.42. The molecule has 4 heteroatoms. The molecule has 0 bridgehead atoms. The predicted molar refractivity (Wildman–Crippen MR) is 79.6 cm³/mol. The molecule has 0 aromatic heterocycles. The van der Waals surface area contributed by atoms with Crippen molar-refractivity contribution in [3.63, 3.8) is 0 Å². The SMILES string of the molecule is CCC1(CC)COC(c2cc(OC)ccc2OC)CN1. The lowest BCUT2D eigenvalue weighted by atomic mass is 9.91. The first kappa shape index (κ1) is 15.1. The first-order valence-electron chi connectivity index (χ1n) is 7.26. The zero-order valence-corrected chi connectivity index (χ0v) is 12.9. The molecule has 1 atom stereocenters. The van der Waals surface area contributed by atoms with Crippen molar-refractivity contribution >= 4 is 0 Å². The van der Waals surface area contributed by atoms with E-state index in [9.17, 15) is 0 Å². The van der Waals surface area contributed by atoms with E-state index in [0.717, 1.165) is 43.1 Å². The molecule has 0 radical (unpaired) electrons. The fraction of sp³-hybridized carbons (Fsp3) is 0.625. The Morgan fingerprint density at radius 3 is 2.50 bits per heavy atom. The molecule has 1 aliphatic heterocycles. The van der Waals surface area contributed by atoms with Crippen LogP contribution in [0.5, 0.6) is 11.5 Å². The zero-order chi connectivity index (χ0) is 14.6. The molecule has 1 saturated heterocycles. The Bertz CT molecular complexity index is 433. The highest BCUT2D eigenvalue weighted by Crippen LogP contribution is 2.34. The van der Waals surface area contributed by atoms with E-state index in [4.69, 9.17) is 14.2 Å². The molecule has 1 fully saturated rings. The van der Waals surface area contributed by atoms with Gasteiger partial charge in [0.05, 0.1) is 26.9 Å². The highest BCUT2D eigenvalue weighted by atomic mass is 16.5. The minimum Gasteiger partial charge on any atom is -0.497 e. The highest BCUT2D eigenvalue weighted by Gasteiger charge is 2.34. The lowest BCUT2D eigenvalue weighted by Crippen LogP contribution is -2.54. The van der Waals surface area contributed by atoms with E-state index in [0.29, 0.717) is 0 Å². The minimum absolute atomic E-state index is 0.00581. The first-order valence-corrected chi connectivity index (χ1v) is 7.26. The van der Waals surface area contributed by atoms with E-state index in [2.05, 4.69) is 19.2 Å². The monoisotopic (exact) mass is 279 g/mol. The van der Waals surface area contributed by atoms with E-state index >= 15 is 0 Å². The van der Waals surface area contributed by atoms with Gasteiger partial charge in [-0.2, -0.15) is 0 Å². The molecule has 4 nitrogen and oxygen atoms in total. The third-order valence-electron chi connectivity index (χ3n) is 4.36. The van der Waals surface area contributed by atoms with Crippen molar-refractivity contribution in [1.82, 2.24) is 5.32 Å². The van der Waals surface area contributed by atoms with Crippen molar-refractivity contribution in [1.29, 1.82) is 0 Å². The molecule has 1 aromatic rings. The molecule has 0 spiro atoms. The van der Waals surface area contributed by atoms with Crippen LogP contribution in [-0.2, 0) is 4.74 Å². The Balaban J connectivity index is 2.17. The normalized spacial score (nSPS) is 21.5. The van der Waals surface area contributed by atoms with Crippen molar-refractivity contribution < 1.29 is 14.2 Å². The number of ether oxygens (including phenoxy) is 3. The second kappa shape index (κ2) is 6.46. The van der Waals surface area contributed by atoms with Crippen LogP contribution in [0.1, 0.15) is 38.4 Å². The Labute approximate surface area is 121 Å². The largest absolute Gasteiger partial charge is 0.497 e. The minimum atomic E-state index is 0.00581. The van der Waals surface area contributed by atoms with Gasteiger partial charge < -0.3 is 19.5 Å². The number of rotatable bonds is 5. The molecule has 1 heterocycles. The number of hydrogen-bond donors (Lipinski definition) is 1. The van der Waals surface area contributed by atoms with E-state index in [1.807, 2.05) is 18.2 Å². The Morgan fingerprint density at radius 1 is 1.25 bits per heavy atom. The molecule has 20 heavy (non-hydrogen) atoms. The van der Waals surface area contributed by atoms with Gasteiger partial charge in [-0.05, 0) is 31.0 Å². The van der Waals surface area contributed by atoms with Gasteiger partial charge in [0.15, 0.2) is 0 Å². The molecule has 1 aromatic carbocycles. The molecule has 0 saturated carbocycles. The number of benzene rings is 1. The van der Waals surface area contributed by atoms with Gasteiger partial charge in [0.1, 0.15) is 11.5 Å². The van der Waals surface area contributed by atoms with Gasteiger partial charge in [-0.3, -0.25) is 0 Å². The summed E-state index contributed by atoms with van der Waals surface area (Å²) in [5.41, 5.74) is 1.16. The smallest absolute Gasteiger partial charge is 0.124 e. The van der Waals surface area contributed by atoms with Crippen LogP contribution in [0.25, 0.3) is 0 Å². The number of morpholine rings is 1. The van der Waals surface area contributed by atoms with Crippen molar-refractivity contribution in [3.8, 4) is 11.5 Å². The van der Waals surface area contributed by atoms with Crippen molar-refractivity contribution in [2.24, 2.45) is 0 Å². The molecule has 0 amide bonds. The number of nitrogens with one attached hydrogen (secondary N) is 1. The van der Waals surface area contributed by atoms with Crippen molar-refractivity contribution in [2.45, 2.75) is 38.3 Å². The van der Waals surface area contributed by atoms with Gasteiger partial charge >= 0.3 is 0 Å². The van der Waals surface area contributed by atoms with Crippen LogP contribution in [0.4, 0.5) is 0 Å². The topological polar surface area (TPSA) is 39.7 Å². The molecule has 1 N–H and O–H groups in total. The van der Waals surface area contributed by atoms with Crippen LogP contribution in [0.3, 0.4) is 0 Å². The van der Waals surface area contributed by atoms with Gasteiger partial charge in [-0.25, -0.2) is 0 Å². The van der Waals surface area contributed by atoms with E-state index in [1.165, 1.54) is 0 Å².